The van der Waals surface area contributed by atoms with Gasteiger partial charge in [0, 0.05) is 30.2 Å². The topological polar surface area (TPSA) is 96.2 Å². The van der Waals surface area contributed by atoms with Gasteiger partial charge in [-0.25, -0.2) is 9.37 Å². The lowest BCUT2D eigenvalue weighted by Crippen LogP contribution is -2.73. The molecule has 4 atom stereocenters. The van der Waals surface area contributed by atoms with Gasteiger partial charge in [0.15, 0.2) is 17.6 Å². The minimum atomic E-state index is -1.05. The van der Waals surface area contributed by atoms with Crippen LogP contribution < -0.4 is 15.8 Å². The fraction of sp³-hybridized carbons (Fsp3) is 0.500. The van der Waals surface area contributed by atoms with Gasteiger partial charge < -0.3 is 15.3 Å². The molecule has 0 radical (unpaired) electrons. The Labute approximate surface area is 219 Å². The van der Waals surface area contributed by atoms with E-state index in [2.05, 4.69) is 32.3 Å². The largest absolute Gasteiger partial charge is 0.507 e. The highest BCUT2D eigenvalue weighted by molar-refractivity contribution is 5.72. The summed E-state index contributed by atoms with van der Waals surface area (Å²) in [6.45, 7) is 4.18. The maximum Gasteiger partial charge on any atom is 0.253 e. The molecule has 2 saturated heterocycles. The van der Waals surface area contributed by atoms with Crippen LogP contribution in [0.4, 0.5) is 14.6 Å². The SMILES string of the molecule is Cn1c(F)cc(-c2ccc(-c3ncc(N(C4CC4)[C@@H]4C[C@@]5(C)CCC[C@](C)(N5)[C@@H]4F)nn3)c(O)c2)cc1=O. The van der Waals surface area contributed by atoms with E-state index < -0.39 is 23.2 Å². The molecule has 38 heavy (non-hydrogen) atoms. The summed E-state index contributed by atoms with van der Waals surface area (Å²) in [6, 6.07) is 7.18. The van der Waals surface area contributed by atoms with E-state index in [0.29, 0.717) is 28.9 Å². The van der Waals surface area contributed by atoms with Gasteiger partial charge in [0.25, 0.3) is 5.56 Å². The number of piperidine rings is 2. The third kappa shape index (κ3) is 4.24. The first kappa shape index (κ1) is 24.9. The van der Waals surface area contributed by atoms with Gasteiger partial charge in [-0.2, -0.15) is 4.39 Å². The monoisotopic (exact) mass is 522 g/mol. The molecule has 4 heterocycles. The average Bonchev–Trinajstić information content (AvgIpc) is 3.71. The molecule has 2 aromatic heterocycles. The van der Waals surface area contributed by atoms with E-state index in [1.807, 2.05) is 6.92 Å². The Morgan fingerprint density at radius 3 is 2.58 bits per heavy atom. The van der Waals surface area contributed by atoms with Crippen LogP contribution in [0.2, 0.25) is 0 Å². The second kappa shape index (κ2) is 8.83. The molecule has 8 nitrogen and oxygen atoms in total. The molecule has 2 bridgehead atoms. The number of anilines is 1. The lowest BCUT2D eigenvalue weighted by Gasteiger charge is -2.57. The van der Waals surface area contributed by atoms with E-state index in [9.17, 15) is 14.3 Å². The summed E-state index contributed by atoms with van der Waals surface area (Å²) in [5.41, 5.74) is 0.0333. The lowest BCUT2D eigenvalue weighted by atomic mass is 9.68. The van der Waals surface area contributed by atoms with E-state index in [4.69, 9.17) is 0 Å². The van der Waals surface area contributed by atoms with E-state index in [-0.39, 0.29) is 29.2 Å². The number of halogens is 2. The molecule has 0 spiro atoms. The number of hydrogen-bond donors (Lipinski definition) is 2. The number of benzene rings is 1. The number of aromatic nitrogens is 4. The number of hydrogen-bond acceptors (Lipinski definition) is 7. The Bertz CT molecular complexity index is 1440. The van der Waals surface area contributed by atoms with Crippen LogP contribution in [0.1, 0.15) is 52.4 Å². The number of nitrogens with one attached hydrogen (secondary N) is 1. The van der Waals surface area contributed by atoms with Crippen molar-refractivity contribution in [3.63, 3.8) is 0 Å². The Kier molecular flexibility index (Phi) is 5.79. The van der Waals surface area contributed by atoms with Crippen LogP contribution in [0.15, 0.2) is 41.3 Å². The highest BCUT2D eigenvalue weighted by atomic mass is 19.1. The molecular formula is C28H32F2N6O2. The molecule has 3 aliphatic rings. The molecule has 6 rings (SSSR count). The number of phenolic OH excluding ortho intramolecular Hbond substituents is 1. The Morgan fingerprint density at radius 1 is 1.13 bits per heavy atom. The molecule has 3 aromatic rings. The number of aromatic hydroxyl groups is 1. The van der Waals surface area contributed by atoms with Crippen molar-refractivity contribution in [3.8, 4) is 28.3 Å². The molecule has 1 aliphatic carbocycles. The van der Waals surface area contributed by atoms with Gasteiger partial charge in [0.1, 0.15) is 11.9 Å². The molecule has 1 aromatic carbocycles. The zero-order valence-corrected chi connectivity index (χ0v) is 21.8. The molecule has 200 valence electrons. The van der Waals surface area contributed by atoms with Crippen LogP contribution in [0.5, 0.6) is 5.75 Å². The van der Waals surface area contributed by atoms with Crippen LogP contribution in [0, 0.1) is 5.95 Å². The highest BCUT2D eigenvalue weighted by Gasteiger charge is 2.55. The van der Waals surface area contributed by atoms with Crippen molar-refractivity contribution in [1.82, 2.24) is 25.1 Å². The van der Waals surface area contributed by atoms with Crippen molar-refractivity contribution in [2.24, 2.45) is 7.05 Å². The average molecular weight is 523 g/mol. The zero-order valence-electron chi connectivity index (χ0n) is 21.8. The first-order valence-electron chi connectivity index (χ1n) is 13.2. The van der Waals surface area contributed by atoms with Gasteiger partial charge in [-0.1, -0.05) is 6.07 Å². The summed E-state index contributed by atoms with van der Waals surface area (Å²) < 4.78 is 30.9. The number of phenols is 1. The molecule has 0 amide bonds. The van der Waals surface area contributed by atoms with Crippen molar-refractivity contribution in [1.29, 1.82) is 0 Å². The standard InChI is InChI=1S/C28H32F2N6O2/c1-27-9-4-10-28(2,34-27)25(30)20(14-27)36(18-6-7-18)23-15-31-26(33-32-23)19-8-5-16(11-21(19)37)17-12-22(29)35(3)24(38)13-17/h5,8,11-13,15,18,20,25,34,37H,4,6-7,9-10,14H2,1-3H3/t20-,25-,27-,28+/m1/s1. The number of fused-ring (bicyclic) bond motifs is 2. The second-order valence-electron chi connectivity index (χ2n) is 11.6. The van der Waals surface area contributed by atoms with E-state index in [0.717, 1.165) is 36.7 Å². The van der Waals surface area contributed by atoms with Crippen molar-refractivity contribution in [2.45, 2.75) is 81.7 Å². The predicted octanol–water partition coefficient (Wildman–Crippen LogP) is 4.12. The molecular weight excluding hydrogens is 490 g/mol. The van der Waals surface area contributed by atoms with Crippen LogP contribution >= 0.6 is 0 Å². The van der Waals surface area contributed by atoms with Gasteiger partial charge in [0.05, 0.1) is 17.8 Å². The zero-order chi connectivity index (χ0) is 26.8. The van der Waals surface area contributed by atoms with Crippen LogP contribution in [0.3, 0.4) is 0 Å². The fourth-order valence-electron chi connectivity index (χ4n) is 6.41. The van der Waals surface area contributed by atoms with Crippen molar-refractivity contribution in [2.75, 3.05) is 4.90 Å². The Balaban J connectivity index is 1.28. The Hall–Kier alpha value is -3.40. The van der Waals surface area contributed by atoms with Crippen LogP contribution in [-0.4, -0.2) is 54.2 Å². The normalized spacial score (nSPS) is 28.8. The molecule has 2 N–H and O–H groups in total. The number of pyridine rings is 1. The van der Waals surface area contributed by atoms with Gasteiger partial charge in [-0.05, 0) is 81.7 Å². The lowest BCUT2D eigenvalue weighted by molar-refractivity contribution is 0.000258. The highest BCUT2D eigenvalue weighted by Crippen LogP contribution is 2.46. The molecule has 0 unspecified atom stereocenters. The summed E-state index contributed by atoms with van der Waals surface area (Å²) in [7, 11) is 1.35. The summed E-state index contributed by atoms with van der Waals surface area (Å²) in [6.07, 6.45) is 6.07. The first-order valence-corrected chi connectivity index (χ1v) is 13.2. The first-order chi connectivity index (χ1) is 18.1. The molecule has 10 heteroatoms. The second-order valence-corrected chi connectivity index (χ2v) is 11.6. The summed E-state index contributed by atoms with van der Waals surface area (Å²) >= 11 is 0. The number of nitrogens with zero attached hydrogens (tertiary/aromatic N) is 5. The minimum absolute atomic E-state index is 0.117. The van der Waals surface area contributed by atoms with Crippen LogP contribution in [0.25, 0.3) is 22.5 Å². The minimum Gasteiger partial charge on any atom is -0.507 e. The maximum absolute atomic E-state index is 16.0. The third-order valence-corrected chi connectivity index (χ3v) is 8.51. The maximum atomic E-state index is 16.0. The number of rotatable bonds is 5. The Morgan fingerprint density at radius 2 is 1.92 bits per heavy atom. The van der Waals surface area contributed by atoms with Gasteiger partial charge in [0.2, 0.25) is 0 Å². The van der Waals surface area contributed by atoms with E-state index in [1.54, 1.807) is 18.3 Å². The number of alkyl halides is 1. The van der Waals surface area contributed by atoms with Crippen molar-refractivity contribution < 1.29 is 13.9 Å². The molecule has 1 saturated carbocycles. The summed E-state index contributed by atoms with van der Waals surface area (Å²) in [4.78, 5) is 18.5. The van der Waals surface area contributed by atoms with Gasteiger partial charge in [-0.3, -0.25) is 9.36 Å². The van der Waals surface area contributed by atoms with Crippen molar-refractivity contribution >= 4 is 5.82 Å². The van der Waals surface area contributed by atoms with E-state index in [1.165, 1.54) is 25.2 Å². The van der Waals surface area contributed by atoms with E-state index >= 15 is 4.39 Å². The fourth-order valence-corrected chi connectivity index (χ4v) is 6.41. The smallest absolute Gasteiger partial charge is 0.253 e. The summed E-state index contributed by atoms with van der Waals surface area (Å²) in [5, 5.41) is 23.0. The molecule has 3 fully saturated rings. The third-order valence-electron chi connectivity index (χ3n) is 8.51. The van der Waals surface area contributed by atoms with Gasteiger partial charge in [-0.15, -0.1) is 10.2 Å². The quantitative estimate of drug-likeness (QED) is 0.487. The van der Waals surface area contributed by atoms with Crippen LogP contribution in [-0.2, 0) is 7.05 Å². The predicted molar refractivity (Wildman–Crippen MR) is 140 cm³/mol. The summed E-state index contributed by atoms with van der Waals surface area (Å²) in [5.74, 6) is -0.0206. The molecule has 2 aliphatic heterocycles. The van der Waals surface area contributed by atoms with Crippen molar-refractivity contribution in [3.05, 3.63) is 52.8 Å². The van der Waals surface area contributed by atoms with Gasteiger partial charge >= 0.3 is 0 Å².